The summed E-state index contributed by atoms with van der Waals surface area (Å²) in [5.41, 5.74) is -1.41. The van der Waals surface area contributed by atoms with Gasteiger partial charge in [0.2, 0.25) is 0 Å². The van der Waals surface area contributed by atoms with Crippen LogP contribution in [0, 0.1) is 5.82 Å². The van der Waals surface area contributed by atoms with Crippen LogP contribution < -0.4 is 5.32 Å². The number of carbonyl (C=O) groups is 1. The molecule has 1 heterocycles. The molecule has 1 aromatic heterocycles. The Hall–Kier alpha value is -1.82. The van der Waals surface area contributed by atoms with Gasteiger partial charge in [0, 0.05) is 17.5 Å². The first-order valence-electron chi connectivity index (χ1n) is 6.05. The van der Waals surface area contributed by atoms with E-state index in [1.54, 1.807) is 24.4 Å². The van der Waals surface area contributed by atoms with Crippen molar-refractivity contribution in [3.63, 3.8) is 0 Å². The predicted octanol–water partition coefficient (Wildman–Crippen LogP) is 3.56. The summed E-state index contributed by atoms with van der Waals surface area (Å²) < 4.78 is 26.9. The Bertz CT molecular complexity index is 620. The first-order valence-corrected chi connectivity index (χ1v) is 6.86. The van der Waals surface area contributed by atoms with Crippen LogP contribution in [-0.2, 0) is 11.2 Å². The number of hydrogen-bond acceptors (Lipinski definition) is 3. The predicted molar refractivity (Wildman–Crippen MR) is 75.1 cm³/mol. The van der Waals surface area contributed by atoms with E-state index in [1.165, 1.54) is 31.3 Å². The molecule has 1 N–H and O–H groups in total. The van der Waals surface area contributed by atoms with Crippen LogP contribution in [0.25, 0.3) is 0 Å². The topological polar surface area (TPSA) is 42.0 Å². The molecule has 6 heteroatoms. The normalized spacial score (nSPS) is 11.4. The highest BCUT2D eigenvalue weighted by Crippen LogP contribution is 2.23. The number of hydrogen-bond donors (Lipinski definition) is 1. The van der Waals surface area contributed by atoms with Crippen LogP contribution in [0.15, 0.2) is 30.5 Å². The number of anilines is 1. The second kappa shape index (κ2) is 5.66. The third-order valence-electron chi connectivity index (χ3n) is 2.64. The average molecular weight is 296 g/mol. The molecular weight excluding hydrogens is 282 g/mol. The minimum absolute atomic E-state index is 0.281. The molecule has 0 aliphatic rings. The summed E-state index contributed by atoms with van der Waals surface area (Å²) in [7, 11) is 0. The molecule has 0 bridgehead atoms. The van der Waals surface area contributed by atoms with Gasteiger partial charge in [-0.15, -0.1) is 11.3 Å². The van der Waals surface area contributed by atoms with Gasteiger partial charge >= 0.3 is 0 Å². The minimum Gasteiger partial charge on any atom is -0.299 e. The van der Waals surface area contributed by atoms with Gasteiger partial charge in [0.1, 0.15) is 5.82 Å². The van der Waals surface area contributed by atoms with E-state index in [9.17, 15) is 13.6 Å². The maximum atomic E-state index is 13.5. The number of amides is 1. The number of rotatable bonds is 4. The smallest absolute Gasteiger partial charge is 0.263 e. The van der Waals surface area contributed by atoms with Crippen LogP contribution in [0.4, 0.5) is 13.9 Å². The molecule has 2 aromatic rings. The van der Waals surface area contributed by atoms with E-state index in [0.717, 1.165) is 4.88 Å². The van der Waals surface area contributed by atoms with Crippen LogP contribution in [-0.4, -0.2) is 16.6 Å². The number of benzene rings is 1. The first kappa shape index (κ1) is 14.6. The Morgan fingerprint density at radius 2 is 2.10 bits per heavy atom. The standard InChI is InChI=1S/C14H14F2N2OS/c1-14(2,16)12(19)18-13-17-8-10(20-13)7-9-5-3-4-6-11(9)15/h3-6,8H,7H2,1-2H3,(H,17,18,19). The lowest BCUT2D eigenvalue weighted by molar-refractivity contribution is -0.125. The van der Waals surface area contributed by atoms with Crippen molar-refractivity contribution in [1.82, 2.24) is 4.98 Å². The fourth-order valence-electron chi connectivity index (χ4n) is 1.52. The molecule has 0 unspecified atom stereocenters. The lowest BCUT2D eigenvalue weighted by atomic mass is 10.1. The third-order valence-corrected chi connectivity index (χ3v) is 3.55. The zero-order valence-electron chi connectivity index (χ0n) is 11.1. The molecule has 0 atom stereocenters. The highest BCUT2D eigenvalue weighted by Gasteiger charge is 2.27. The number of nitrogens with zero attached hydrogens (tertiary/aromatic N) is 1. The van der Waals surface area contributed by atoms with Crippen LogP contribution in [0.2, 0.25) is 0 Å². The molecule has 3 nitrogen and oxygen atoms in total. The van der Waals surface area contributed by atoms with Crippen LogP contribution in [0.1, 0.15) is 24.3 Å². The zero-order chi connectivity index (χ0) is 14.8. The van der Waals surface area contributed by atoms with Crippen molar-refractivity contribution >= 4 is 22.4 Å². The van der Waals surface area contributed by atoms with E-state index in [2.05, 4.69) is 10.3 Å². The Morgan fingerprint density at radius 1 is 1.40 bits per heavy atom. The molecule has 106 valence electrons. The summed E-state index contributed by atoms with van der Waals surface area (Å²) in [6, 6.07) is 6.47. The van der Waals surface area contributed by atoms with Crippen LogP contribution in [0.3, 0.4) is 0 Å². The van der Waals surface area contributed by atoms with Gasteiger partial charge in [-0.05, 0) is 25.5 Å². The molecular formula is C14H14F2N2OS. The van der Waals surface area contributed by atoms with E-state index >= 15 is 0 Å². The fraction of sp³-hybridized carbons (Fsp3) is 0.286. The van der Waals surface area contributed by atoms with E-state index in [0.29, 0.717) is 17.1 Å². The second-order valence-electron chi connectivity index (χ2n) is 4.83. The van der Waals surface area contributed by atoms with E-state index in [-0.39, 0.29) is 5.82 Å². The van der Waals surface area contributed by atoms with Crippen molar-refractivity contribution in [2.75, 3.05) is 5.32 Å². The zero-order valence-corrected chi connectivity index (χ0v) is 11.9. The summed E-state index contributed by atoms with van der Waals surface area (Å²) in [5.74, 6) is -1.03. The van der Waals surface area contributed by atoms with Gasteiger partial charge in [-0.3, -0.25) is 10.1 Å². The van der Waals surface area contributed by atoms with Gasteiger partial charge in [0.25, 0.3) is 5.91 Å². The van der Waals surface area contributed by atoms with Gasteiger partial charge in [-0.2, -0.15) is 0 Å². The number of halogens is 2. The molecule has 0 fully saturated rings. The van der Waals surface area contributed by atoms with Crippen molar-refractivity contribution in [2.24, 2.45) is 0 Å². The van der Waals surface area contributed by atoms with E-state index in [1.807, 2.05) is 0 Å². The monoisotopic (exact) mass is 296 g/mol. The minimum atomic E-state index is -1.96. The van der Waals surface area contributed by atoms with Crippen LogP contribution in [0.5, 0.6) is 0 Å². The maximum Gasteiger partial charge on any atom is 0.263 e. The fourth-order valence-corrected chi connectivity index (χ4v) is 2.35. The van der Waals surface area contributed by atoms with Gasteiger partial charge in [0.15, 0.2) is 10.8 Å². The highest BCUT2D eigenvalue weighted by atomic mass is 32.1. The molecule has 20 heavy (non-hydrogen) atoms. The Kier molecular flexibility index (Phi) is 4.13. The summed E-state index contributed by atoms with van der Waals surface area (Å²) >= 11 is 1.20. The Labute approximate surface area is 119 Å². The lowest BCUT2D eigenvalue weighted by Gasteiger charge is -2.11. The first-order chi connectivity index (χ1) is 9.36. The Balaban J connectivity index is 2.07. The van der Waals surface area contributed by atoms with Crippen molar-refractivity contribution in [3.05, 3.63) is 46.7 Å². The number of alkyl halides is 1. The van der Waals surface area contributed by atoms with Gasteiger partial charge in [0.05, 0.1) is 0 Å². The second-order valence-corrected chi connectivity index (χ2v) is 5.94. The van der Waals surface area contributed by atoms with Crippen molar-refractivity contribution in [1.29, 1.82) is 0 Å². The summed E-state index contributed by atoms with van der Waals surface area (Å²) in [4.78, 5) is 16.3. The van der Waals surface area contributed by atoms with Gasteiger partial charge in [-0.1, -0.05) is 18.2 Å². The highest BCUT2D eigenvalue weighted by molar-refractivity contribution is 7.15. The largest absolute Gasteiger partial charge is 0.299 e. The summed E-state index contributed by atoms with van der Waals surface area (Å²) in [5, 5.41) is 2.71. The molecule has 0 saturated carbocycles. The Morgan fingerprint density at radius 3 is 2.75 bits per heavy atom. The van der Waals surface area contributed by atoms with Crippen molar-refractivity contribution in [2.45, 2.75) is 25.9 Å². The SMILES string of the molecule is CC(C)(F)C(=O)Nc1ncc(Cc2ccccc2F)s1. The molecule has 0 saturated heterocycles. The molecule has 1 amide bonds. The summed E-state index contributed by atoms with van der Waals surface area (Å²) in [6.07, 6.45) is 1.94. The van der Waals surface area contributed by atoms with Crippen LogP contribution >= 0.6 is 11.3 Å². The molecule has 0 aliphatic carbocycles. The van der Waals surface area contributed by atoms with Crippen molar-refractivity contribution < 1.29 is 13.6 Å². The molecule has 1 aromatic carbocycles. The quantitative estimate of drug-likeness (QED) is 0.937. The third kappa shape index (κ3) is 3.60. The maximum absolute atomic E-state index is 13.5. The van der Waals surface area contributed by atoms with E-state index in [4.69, 9.17) is 0 Å². The van der Waals surface area contributed by atoms with E-state index < -0.39 is 11.6 Å². The van der Waals surface area contributed by atoms with Gasteiger partial charge in [-0.25, -0.2) is 13.8 Å². The summed E-state index contributed by atoms with van der Waals surface area (Å²) in [6.45, 7) is 2.35. The number of carbonyl (C=O) groups excluding carboxylic acids is 1. The average Bonchev–Trinajstić information content (AvgIpc) is 2.78. The van der Waals surface area contributed by atoms with Crippen molar-refractivity contribution in [3.8, 4) is 0 Å². The number of thiazole rings is 1. The number of nitrogens with one attached hydrogen (secondary N) is 1. The lowest BCUT2D eigenvalue weighted by Crippen LogP contribution is -2.32. The van der Waals surface area contributed by atoms with Gasteiger partial charge < -0.3 is 0 Å². The molecule has 2 rings (SSSR count). The number of aromatic nitrogens is 1. The molecule has 0 radical (unpaired) electrons. The molecule has 0 aliphatic heterocycles. The molecule has 0 spiro atoms.